The topological polar surface area (TPSA) is 13.1 Å². The van der Waals surface area contributed by atoms with E-state index in [-0.39, 0.29) is 10.0 Å². The molecule has 9 heavy (non-hydrogen) atoms. The van der Waals surface area contributed by atoms with Gasteiger partial charge < -0.3 is 4.42 Å². The lowest BCUT2D eigenvalue weighted by atomic mass is 10.1. The summed E-state index contributed by atoms with van der Waals surface area (Å²) in [6, 6.07) is 0. The fourth-order valence-electron chi connectivity index (χ4n) is 0.460. The molecule has 0 N–H and O–H groups in total. The van der Waals surface area contributed by atoms with E-state index in [1.807, 2.05) is 0 Å². The summed E-state index contributed by atoms with van der Waals surface area (Å²) in [5.41, 5.74) is -0.201. The van der Waals surface area contributed by atoms with Gasteiger partial charge in [0.1, 0.15) is 6.26 Å². The van der Waals surface area contributed by atoms with Crippen LogP contribution in [0.4, 0.5) is 0 Å². The average molecular weight is 196 g/mol. The van der Waals surface area contributed by atoms with Crippen LogP contribution in [0.15, 0.2) is 21.4 Å². The summed E-state index contributed by atoms with van der Waals surface area (Å²) < 4.78 is 56.1. The van der Waals surface area contributed by atoms with Crippen LogP contribution >= 0.6 is 15.9 Å². The Morgan fingerprint density at radius 2 is 2.56 bits per heavy atom. The van der Waals surface area contributed by atoms with Crippen LogP contribution in [-0.4, -0.2) is 0 Å². The van der Waals surface area contributed by atoms with Gasteiger partial charge in [-0.25, -0.2) is 0 Å². The van der Waals surface area contributed by atoms with E-state index in [1.54, 1.807) is 0 Å². The van der Waals surface area contributed by atoms with Crippen LogP contribution in [0.1, 0.15) is 34.8 Å². The summed E-state index contributed by atoms with van der Waals surface area (Å²) in [7, 11) is 0. The second kappa shape index (κ2) is 2.56. The summed E-state index contributed by atoms with van der Waals surface area (Å²) in [5.74, 6) is -2.70. The van der Waals surface area contributed by atoms with Crippen molar-refractivity contribution in [3.63, 3.8) is 0 Å². The second-order valence-electron chi connectivity index (χ2n) is 1.51. The first-order chi connectivity index (χ1) is 7.02. The lowest BCUT2D eigenvalue weighted by molar-refractivity contribution is 0.561. The van der Waals surface area contributed by atoms with E-state index in [2.05, 4.69) is 15.9 Å². The molecule has 1 aromatic rings. The first-order valence-electron chi connectivity index (χ1n) is 5.74. The molecular formula is C7H9BrO. The molecule has 2 heteroatoms. The van der Waals surface area contributed by atoms with Crippen LogP contribution in [0.5, 0.6) is 0 Å². The van der Waals surface area contributed by atoms with E-state index in [9.17, 15) is 0 Å². The van der Waals surface area contributed by atoms with Crippen LogP contribution in [0, 0.1) is 0 Å². The molecule has 50 valence electrons. The Labute approximate surface area is 73.0 Å². The Hall–Kier alpha value is -0.240. The highest BCUT2D eigenvalue weighted by Gasteiger charge is 2.04. The second-order valence-corrected chi connectivity index (χ2v) is 2.36. The fraction of sp³-hybridized carbons (Fsp3) is 0.429. The van der Waals surface area contributed by atoms with E-state index < -0.39 is 19.6 Å². The van der Waals surface area contributed by atoms with E-state index in [1.165, 1.54) is 0 Å². The summed E-state index contributed by atoms with van der Waals surface area (Å²) in [6.07, 6.45) is 2.12. The predicted octanol–water partition coefficient (Wildman–Crippen LogP) is 3.17. The minimum absolute atomic E-state index is 0.162. The first kappa shape index (κ1) is 2.12. The number of furan rings is 1. The molecule has 0 radical (unpaired) electrons. The summed E-state index contributed by atoms with van der Waals surface area (Å²) >= 11 is 2.97. The Morgan fingerprint density at radius 1 is 1.78 bits per heavy atom. The van der Waals surface area contributed by atoms with Crippen LogP contribution in [0.3, 0.4) is 0 Å². The predicted molar refractivity (Wildman–Crippen MR) is 40.5 cm³/mol. The smallest absolute Gasteiger partial charge is 0.105 e. The standard InChI is InChI=1S/C7H9BrO/c1-5(2)6-3-9-4-7(6)8/h3-5H,1-2H3/i1D3,2D3,5D. The van der Waals surface area contributed by atoms with Crippen molar-refractivity contribution in [3.05, 3.63) is 22.6 Å². The lowest BCUT2D eigenvalue weighted by Crippen LogP contribution is -1.82. The molecule has 1 rings (SSSR count). The molecule has 1 aromatic heterocycles. The zero-order valence-corrected chi connectivity index (χ0v) is 6.03. The number of hydrogen-bond acceptors (Lipinski definition) is 1. The Bertz CT molecular complexity index is 363. The average Bonchev–Trinajstić information content (AvgIpc) is 2.46. The quantitative estimate of drug-likeness (QED) is 0.672. The molecule has 0 aliphatic heterocycles. The molecule has 0 aliphatic carbocycles. The summed E-state index contributed by atoms with van der Waals surface area (Å²) in [6.45, 7) is -5.96. The maximum absolute atomic E-state index is 7.81. The highest BCUT2D eigenvalue weighted by atomic mass is 79.9. The normalized spacial score (nSPS) is 26.1. The van der Waals surface area contributed by atoms with Crippen molar-refractivity contribution >= 4 is 15.9 Å². The van der Waals surface area contributed by atoms with Crippen molar-refractivity contribution < 1.29 is 14.0 Å². The van der Waals surface area contributed by atoms with Gasteiger partial charge >= 0.3 is 0 Å². The van der Waals surface area contributed by atoms with Crippen molar-refractivity contribution in [3.8, 4) is 0 Å². The molecule has 0 aromatic carbocycles. The maximum atomic E-state index is 7.81. The Morgan fingerprint density at radius 3 is 3.00 bits per heavy atom. The highest BCUT2D eigenvalue weighted by molar-refractivity contribution is 9.10. The largest absolute Gasteiger partial charge is 0.471 e. The van der Waals surface area contributed by atoms with Gasteiger partial charge in [0, 0.05) is 15.2 Å². The van der Waals surface area contributed by atoms with Gasteiger partial charge in [-0.2, -0.15) is 0 Å². The summed E-state index contributed by atoms with van der Waals surface area (Å²) in [4.78, 5) is 0. The third-order valence-corrected chi connectivity index (χ3v) is 1.50. The zero-order valence-electron chi connectivity index (χ0n) is 11.4. The monoisotopic (exact) mass is 195 g/mol. The number of rotatable bonds is 1. The molecule has 0 unspecified atom stereocenters. The van der Waals surface area contributed by atoms with E-state index in [4.69, 9.17) is 14.0 Å². The Kier molecular flexibility index (Phi) is 0.605. The lowest BCUT2D eigenvalue weighted by Gasteiger charge is -1.98. The highest BCUT2D eigenvalue weighted by Crippen LogP contribution is 2.24. The molecule has 0 saturated heterocycles. The van der Waals surface area contributed by atoms with Gasteiger partial charge in [-0.15, -0.1) is 0 Å². The van der Waals surface area contributed by atoms with E-state index >= 15 is 0 Å². The molecule has 0 fully saturated rings. The molecule has 0 bridgehead atoms. The first-order valence-corrected chi connectivity index (χ1v) is 3.03. The van der Waals surface area contributed by atoms with E-state index in [0.29, 0.717) is 0 Å². The van der Waals surface area contributed by atoms with Gasteiger partial charge in [0.2, 0.25) is 0 Å². The van der Waals surface area contributed by atoms with E-state index in [0.717, 1.165) is 12.5 Å². The van der Waals surface area contributed by atoms with Crippen LogP contribution in [0.25, 0.3) is 0 Å². The minimum Gasteiger partial charge on any atom is -0.471 e. The zero-order chi connectivity index (χ0) is 12.8. The van der Waals surface area contributed by atoms with Gasteiger partial charge in [0.25, 0.3) is 0 Å². The molecule has 0 aliphatic rings. The van der Waals surface area contributed by atoms with Crippen LogP contribution in [0.2, 0.25) is 0 Å². The summed E-state index contributed by atoms with van der Waals surface area (Å²) in [5, 5.41) is 0. The molecule has 1 heterocycles. The molecule has 0 atom stereocenters. The van der Waals surface area contributed by atoms with Crippen molar-refractivity contribution in [1.82, 2.24) is 0 Å². The van der Waals surface area contributed by atoms with Crippen LogP contribution in [-0.2, 0) is 0 Å². The molecular weight excluding hydrogens is 180 g/mol. The molecule has 0 saturated carbocycles. The minimum atomic E-state index is -2.98. The van der Waals surface area contributed by atoms with Gasteiger partial charge in [-0.1, -0.05) is 13.7 Å². The van der Waals surface area contributed by atoms with Gasteiger partial charge in [-0.3, -0.25) is 0 Å². The van der Waals surface area contributed by atoms with Crippen LogP contribution < -0.4 is 0 Å². The SMILES string of the molecule is [2H]C([2H])([2H])C([2H])(c1cocc1Br)C([2H])([2H])[2H]. The number of hydrogen-bond donors (Lipinski definition) is 0. The fourth-order valence-corrected chi connectivity index (χ4v) is 0.860. The van der Waals surface area contributed by atoms with Gasteiger partial charge in [-0.05, 0) is 21.8 Å². The third-order valence-electron chi connectivity index (χ3n) is 0.884. The molecule has 1 nitrogen and oxygen atoms in total. The number of halogens is 1. The van der Waals surface area contributed by atoms with Gasteiger partial charge in [0.05, 0.1) is 10.7 Å². The molecule has 0 spiro atoms. The Balaban J connectivity index is 3.45. The van der Waals surface area contributed by atoms with Gasteiger partial charge in [0.15, 0.2) is 0 Å². The third kappa shape index (κ3) is 1.36. The van der Waals surface area contributed by atoms with Crippen molar-refractivity contribution in [2.24, 2.45) is 0 Å². The van der Waals surface area contributed by atoms with Crippen molar-refractivity contribution in [2.45, 2.75) is 19.6 Å². The van der Waals surface area contributed by atoms with Crippen molar-refractivity contribution in [2.75, 3.05) is 0 Å². The molecule has 0 amide bonds. The van der Waals surface area contributed by atoms with Crippen molar-refractivity contribution in [1.29, 1.82) is 0 Å². The maximum Gasteiger partial charge on any atom is 0.105 e.